The summed E-state index contributed by atoms with van der Waals surface area (Å²) in [5.41, 5.74) is 0. The van der Waals surface area contributed by atoms with Gasteiger partial charge in [-0.1, -0.05) is 78.1 Å². The Labute approximate surface area is 131 Å². The third-order valence-electron chi connectivity index (χ3n) is 3.95. The van der Waals surface area contributed by atoms with Crippen LogP contribution >= 0.6 is 0 Å². The van der Waals surface area contributed by atoms with Gasteiger partial charge in [0, 0.05) is 0 Å². The van der Waals surface area contributed by atoms with E-state index in [0.29, 0.717) is 6.42 Å². The summed E-state index contributed by atoms with van der Waals surface area (Å²) in [6.45, 7) is 4.59. The highest BCUT2D eigenvalue weighted by Crippen LogP contribution is 2.14. The second-order valence-corrected chi connectivity index (χ2v) is 6.59. The van der Waals surface area contributed by atoms with Crippen molar-refractivity contribution in [1.82, 2.24) is 0 Å². The fourth-order valence-corrected chi connectivity index (χ4v) is 2.55. The van der Waals surface area contributed by atoms with Crippen LogP contribution in [0.15, 0.2) is 0 Å². The van der Waals surface area contributed by atoms with Crippen molar-refractivity contribution in [3.05, 3.63) is 0 Å². The molecule has 1 atom stereocenters. The Morgan fingerprint density at radius 1 is 0.857 bits per heavy atom. The van der Waals surface area contributed by atoms with E-state index >= 15 is 0 Å². The second kappa shape index (κ2) is 14.4. The first-order valence-corrected chi connectivity index (χ1v) is 8.81. The Morgan fingerprint density at radius 3 is 1.71 bits per heavy atom. The zero-order valence-corrected chi connectivity index (χ0v) is 14.4. The summed E-state index contributed by atoms with van der Waals surface area (Å²) < 4.78 is 4.53. The lowest BCUT2D eigenvalue weighted by Crippen LogP contribution is -2.14. The maximum absolute atomic E-state index is 11.0. The quantitative estimate of drug-likeness (QED) is 0.368. The maximum atomic E-state index is 11.0. The lowest BCUT2D eigenvalue weighted by molar-refractivity contribution is -0.142. The van der Waals surface area contributed by atoms with Crippen LogP contribution in [0.5, 0.6) is 0 Å². The fraction of sp³-hybridized carbons (Fsp3) is 0.944. The van der Waals surface area contributed by atoms with Crippen molar-refractivity contribution in [2.24, 2.45) is 5.92 Å². The number of hydrogen-bond donors (Lipinski definition) is 1. The lowest BCUT2D eigenvalue weighted by atomic mass is 10.0. The molecule has 0 aliphatic carbocycles. The smallest absolute Gasteiger partial charge is 0.308 e. The minimum atomic E-state index is -0.529. The molecule has 1 N–H and O–H groups in total. The number of rotatable bonds is 14. The fourth-order valence-electron chi connectivity index (χ4n) is 2.55. The van der Waals surface area contributed by atoms with Crippen LogP contribution in [0.2, 0.25) is 0 Å². The SMILES string of the molecule is COC(=O)C[C@@H](O)CCCCCCCCCCCC(C)C. The molecule has 126 valence electrons. The number of methoxy groups -OCH3 is 1. The van der Waals surface area contributed by atoms with Crippen molar-refractivity contribution >= 4 is 5.97 Å². The molecule has 0 aliphatic heterocycles. The second-order valence-electron chi connectivity index (χ2n) is 6.59. The molecule has 0 spiro atoms. The van der Waals surface area contributed by atoms with Crippen molar-refractivity contribution < 1.29 is 14.6 Å². The van der Waals surface area contributed by atoms with E-state index in [9.17, 15) is 9.90 Å². The van der Waals surface area contributed by atoms with Crippen molar-refractivity contribution in [2.45, 2.75) is 97.0 Å². The van der Waals surface area contributed by atoms with Crippen LogP contribution < -0.4 is 0 Å². The van der Waals surface area contributed by atoms with E-state index in [0.717, 1.165) is 18.8 Å². The van der Waals surface area contributed by atoms with E-state index in [4.69, 9.17) is 0 Å². The lowest BCUT2D eigenvalue weighted by Gasteiger charge is -2.08. The molecule has 3 heteroatoms. The van der Waals surface area contributed by atoms with Crippen LogP contribution in [0.3, 0.4) is 0 Å². The van der Waals surface area contributed by atoms with Crippen LogP contribution in [0.4, 0.5) is 0 Å². The van der Waals surface area contributed by atoms with E-state index in [1.54, 1.807) is 0 Å². The van der Waals surface area contributed by atoms with Gasteiger partial charge in [-0.15, -0.1) is 0 Å². The molecule has 0 amide bonds. The number of carbonyl (C=O) groups is 1. The van der Waals surface area contributed by atoms with E-state index in [1.807, 2.05) is 0 Å². The Balaban J connectivity index is 3.17. The summed E-state index contributed by atoms with van der Waals surface area (Å²) in [4.78, 5) is 11.0. The van der Waals surface area contributed by atoms with Gasteiger partial charge in [0.05, 0.1) is 19.6 Å². The molecule has 0 bridgehead atoms. The van der Waals surface area contributed by atoms with E-state index in [1.165, 1.54) is 58.5 Å². The monoisotopic (exact) mass is 300 g/mol. The number of hydrogen-bond acceptors (Lipinski definition) is 3. The number of ether oxygens (including phenoxy) is 1. The number of esters is 1. The minimum Gasteiger partial charge on any atom is -0.469 e. The number of carbonyl (C=O) groups excluding carboxylic acids is 1. The Hall–Kier alpha value is -0.570. The van der Waals surface area contributed by atoms with Gasteiger partial charge in [0.2, 0.25) is 0 Å². The molecule has 0 aromatic carbocycles. The molecule has 0 saturated carbocycles. The van der Waals surface area contributed by atoms with Gasteiger partial charge in [-0.05, 0) is 12.3 Å². The first-order chi connectivity index (χ1) is 10.1. The molecule has 21 heavy (non-hydrogen) atoms. The van der Waals surface area contributed by atoms with Crippen LogP contribution in [0, 0.1) is 5.92 Å². The van der Waals surface area contributed by atoms with Gasteiger partial charge >= 0.3 is 5.97 Å². The zero-order valence-electron chi connectivity index (χ0n) is 14.4. The summed E-state index contributed by atoms with van der Waals surface area (Å²) in [5, 5.41) is 9.61. The average molecular weight is 300 g/mol. The average Bonchev–Trinajstić information content (AvgIpc) is 2.44. The van der Waals surface area contributed by atoms with Crippen LogP contribution in [-0.4, -0.2) is 24.3 Å². The summed E-state index contributed by atoms with van der Waals surface area (Å²) in [6.07, 6.45) is 13.3. The van der Waals surface area contributed by atoms with E-state index < -0.39 is 6.10 Å². The van der Waals surface area contributed by atoms with Crippen molar-refractivity contribution in [2.75, 3.05) is 7.11 Å². The molecule has 0 heterocycles. The third kappa shape index (κ3) is 15.6. The van der Waals surface area contributed by atoms with Gasteiger partial charge in [-0.25, -0.2) is 0 Å². The first kappa shape index (κ1) is 20.4. The number of unbranched alkanes of at least 4 members (excludes halogenated alkanes) is 8. The molecule has 0 aromatic rings. The molecule has 3 nitrogen and oxygen atoms in total. The number of aliphatic hydroxyl groups excluding tert-OH is 1. The Bertz CT molecular complexity index is 239. The minimum absolute atomic E-state index is 0.132. The van der Waals surface area contributed by atoms with Gasteiger partial charge < -0.3 is 9.84 Å². The summed E-state index contributed by atoms with van der Waals surface area (Å²) in [7, 11) is 1.36. The topological polar surface area (TPSA) is 46.5 Å². The van der Waals surface area contributed by atoms with Crippen LogP contribution in [-0.2, 0) is 9.53 Å². The van der Waals surface area contributed by atoms with Gasteiger partial charge in [-0.3, -0.25) is 4.79 Å². The molecular weight excluding hydrogens is 264 g/mol. The first-order valence-electron chi connectivity index (χ1n) is 8.81. The molecule has 0 saturated heterocycles. The predicted octanol–water partition coefficient (Wildman–Crippen LogP) is 4.86. The number of aliphatic hydroxyl groups is 1. The van der Waals surface area contributed by atoms with Crippen molar-refractivity contribution in [3.8, 4) is 0 Å². The summed E-state index contributed by atoms with van der Waals surface area (Å²) >= 11 is 0. The van der Waals surface area contributed by atoms with Gasteiger partial charge in [0.25, 0.3) is 0 Å². The van der Waals surface area contributed by atoms with Crippen molar-refractivity contribution in [3.63, 3.8) is 0 Å². The van der Waals surface area contributed by atoms with Gasteiger partial charge in [0.1, 0.15) is 0 Å². The van der Waals surface area contributed by atoms with E-state index in [-0.39, 0.29) is 12.4 Å². The van der Waals surface area contributed by atoms with Crippen LogP contribution in [0.25, 0.3) is 0 Å². The van der Waals surface area contributed by atoms with Crippen molar-refractivity contribution in [1.29, 1.82) is 0 Å². The molecule has 0 aromatic heterocycles. The van der Waals surface area contributed by atoms with E-state index in [2.05, 4.69) is 18.6 Å². The molecule has 0 fully saturated rings. The van der Waals surface area contributed by atoms with Crippen LogP contribution in [0.1, 0.15) is 90.9 Å². The largest absolute Gasteiger partial charge is 0.469 e. The normalized spacial score (nSPS) is 12.6. The highest BCUT2D eigenvalue weighted by Gasteiger charge is 2.09. The van der Waals surface area contributed by atoms with Gasteiger partial charge in [0.15, 0.2) is 0 Å². The molecule has 0 unspecified atom stereocenters. The standard InChI is InChI=1S/C18H36O3/c1-16(2)13-11-9-7-5-4-6-8-10-12-14-17(19)15-18(20)21-3/h16-17,19H,4-15H2,1-3H3/t17-/m0/s1. The van der Waals surface area contributed by atoms with Gasteiger partial charge in [-0.2, -0.15) is 0 Å². The molecular formula is C18H36O3. The highest BCUT2D eigenvalue weighted by atomic mass is 16.5. The molecule has 0 rings (SSSR count). The molecule has 0 aliphatic rings. The highest BCUT2D eigenvalue weighted by molar-refractivity contribution is 5.69. The Morgan fingerprint density at radius 2 is 1.29 bits per heavy atom. The zero-order chi connectivity index (χ0) is 15.9. The summed E-state index contributed by atoms with van der Waals surface area (Å²) in [6, 6.07) is 0. The summed E-state index contributed by atoms with van der Waals surface area (Å²) in [5.74, 6) is 0.527. The maximum Gasteiger partial charge on any atom is 0.308 e. The Kier molecular flexibility index (Phi) is 14.0. The third-order valence-corrected chi connectivity index (χ3v) is 3.95. The molecule has 0 radical (unpaired) electrons. The predicted molar refractivity (Wildman–Crippen MR) is 88.3 cm³/mol.